The number of imide groups is 1. The largest absolute Gasteiger partial charge is 0.387 e. The van der Waals surface area contributed by atoms with Gasteiger partial charge in [0.25, 0.3) is 11.8 Å². The molecule has 0 bridgehead atoms. The van der Waals surface area contributed by atoms with Crippen LogP contribution in [0.25, 0.3) is 0 Å². The number of hydrogen-bond donors (Lipinski definition) is 3. The van der Waals surface area contributed by atoms with Gasteiger partial charge in [-0.2, -0.15) is 0 Å². The maximum absolute atomic E-state index is 13.1. The smallest absolute Gasteiger partial charge is 0.263 e. The van der Waals surface area contributed by atoms with Gasteiger partial charge in [-0.05, 0) is 44.7 Å². The van der Waals surface area contributed by atoms with Crippen LogP contribution in [0.2, 0.25) is 0 Å². The van der Waals surface area contributed by atoms with Crippen molar-refractivity contribution in [2.45, 2.75) is 51.5 Å². The minimum absolute atomic E-state index is 0.0892. The van der Waals surface area contributed by atoms with Crippen LogP contribution in [0.1, 0.15) is 66.2 Å². The predicted octanol–water partition coefficient (Wildman–Crippen LogP) is 2.66. The van der Waals surface area contributed by atoms with Gasteiger partial charge in [-0.3, -0.25) is 19.3 Å². The third-order valence-corrected chi connectivity index (χ3v) is 5.45. The van der Waals surface area contributed by atoms with Gasteiger partial charge < -0.3 is 16.0 Å². The molecule has 2 heterocycles. The Morgan fingerprint density at radius 1 is 1.24 bits per heavy atom. The lowest BCUT2D eigenvalue weighted by atomic mass is 10.0. The summed E-state index contributed by atoms with van der Waals surface area (Å²) in [6.45, 7) is 7.73. The molecule has 7 heteroatoms. The monoisotopic (exact) mass is 398 g/mol. The summed E-state index contributed by atoms with van der Waals surface area (Å²) in [4.78, 5) is 38.8. The molecule has 0 aromatic heterocycles. The fourth-order valence-electron chi connectivity index (χ4n) is 3.89. The summed E-state index contributed by atoms with van der Waals surface area (Å²) in [6, 6.07) is 5.24. The van der Waals surface area contributed by atoms with Crippen LogP contribution < -0.4 is 16.0 Å². The molecule has 3 amide bonds. The number of unbranched alkanes of at least 4 members (excludes halogenated alkanes) is 2. The van der Waals surface area contributed by atoms with E-state index in [1.807, 2.05) is 19.1 Å². The Hall–Kier alpha value is -2.83. The van der Waals surface area contributed by atoms with Crippen LogP contribution in [-0.2, 0) is 4.79 Å². The Kier molecular flexibility index (Phi) is 6.90. The molecule has 3 rings (SSSR count). The number of carbonyl (C=O) groups excluding carboxylic acids is 3. The first-order valence-corrected chi connectivity index (χ1v) is 10.5. The number of piperidine rings is 1. The van der Waals surface area contributed by atoms with Crippen LogP contribution in [0.4, 0.5) is 5.69 Å². The van der Waals surface area contributed by atoms with Gasteiger partial charge in [-0.25, -0.2) is 0 Å². The molecule has 1 atom stereocenters. The molecule has 3 N–H and O–H groups in total. The van der Waals surface area contributed by atoms with E-state index >= 15 is 0 Å². The van der Waals surface area contributed by atoms with E-state index in [9.17, 15) is 14.4 Å². The molecule has 2 aliphatic rings. The number of fused-ring (bicyclic) bond motifs is 1. The summed E-state index contributed by atoms with van der Waals surface area (Å²) in [7, 11) is 0. The Balaban J connectivity index is 1.56. The topological polar surface area (TPSA) is 90.5 Å². The number of amides is 3. The van der Waals surface area contributed by atoms with Gasteiger partial charge in [0.2, 0.25) is 5.91 Å². The van der Waals surface area contributed by atoms with Gasteiger partial charge in [0, 0.05) is 37.4 Å². The summed E-state index contributed by atoms with van der Waals surface area (Å²) in [5.41, 5.74) is 2.61. The molecular weight excluding hydrogens is 368 g/mol. The quantitative estimate of drug-likeness (QED) is 0.439. The number of rotatable bonds is 9. The highest BCUT2D eigenvalue weighted by Crippen LogP contribution is 2.32. The Bertz CT molecular complexity index is 795. The van der Waals surface area contributed by atoms with E-state index in [4.69, 9.17) is 0 Å². The van der Waals surface area contributed by atoms with E-state index < -0.39 is 0 Å². The third-order valence-electron chi connectivity index (χ3n) is 5.45. The number of carbonyl (C=O) groups is 3. The summed E-state index contributed by atoms with van der Waals surface area (Å²) < 4.78 is 0. The van der Waals surface area contributed by atoms with Crippen LogP contribution in [0.5, 0.6) is 0 Å². The maximum atomic E-state index is 13.1. The first-order valence-electron chi connectivity index (χ1n) is 10.5. The lowest BCUT2D eigenvalue weighted by molar-refractivity contribution is -0.121. The van der Waals surface area contributed by atoms with Gasteiger partial charge in [-0.15, -0.1) is 0 Å². The molecule has 7 nitrogen and oxygen atoms in total. The van der Waals surface area contributed by atoms with Gasteiger partial charge in [0.05, 0.1) is 17.2 Å². The highest BCUT2D eigenvalue weighted by atomic mass is 16.2. The molecule has 29 heavy (non-hydrogen) atoms. The van der Waals surface area contributed by atoms with Crippen molar-refractivity contribution in [3.8, 4) is 0 Å². The van der Waals surface area contributed by atoms with Crippen molar-refractivity contribution in [3.63, 3.8) is 0 Å². The van der Waals surface area contributed by atoms with Crippen molar-refractivity contribution in [1.29, 1.82) is 0 Å². The molecule has 0 saturated carbocycles. The highest BCUT2D eigenvalue weighted by molar-refractivity contribution is 6.24. The normalized spacial score (nSPS) is 18.4. The van der Waals surface area contributed by atoms with E-state index in [0.29, 0.717) is 42.9 Å². The number of nitrogens with one attached hydrogen (secondary N) is 3. The Morgan fingerprint density at radius 2 is 2.07 bits per heavy atom. The molecule has 0 radical (unpaired) electrons. The minimum atomic E-state index is -0.219. The fraction of sp³-hybridized carbons (Fsp3) is 0.500. The maximum Gasteiger partial charge on any atom is 0.263 e. The lowest BCUT2D eigenvalue weighted by Gasteiger charge is -2.31. The molecule has 156 valence electrons. The van der Waals surface area contributed by atoms with Gasteiger partial charge in [0.15, 0.2) is 0 Å². The summed E-state index contributed by atoms with van der Waals surface area (Å²) in [5.74, 6) is -0.343. The van der Waals surface area contributed by atoms with Crippen LogP contribution in [0.15, 0.2) is 30.5 Å². The van der Waals surface area contributed by atoms with E-state index in [1.165, 1.54) is 4.90 Å². The van der Waals surface area contributed by atoms with Crippen LogP contribution in [0.3, 0.4) is 0 Å². The van der Waals surface area contributed by atoms with Crippen LogP contribution in [-0.4, -0.2) is 48.3 Å². The zero-order valence-corrected chi connectivity index (χ0v) is 17.1. The predicted molar refractivity (Wildman–Crippen MR) is 113 cm³/mol. The standard InChI is InChI=1S/C22H30N4O3/c1-3-23-19(27)10-5-4-6-13-24-18-9-7-8-17-20(18)22(29)26(21(17)28)16-12-11-15(2)25-14-16/h7-9,16,24-25H,2-6,10-14H2,1H3,(H,23,27). The van der Waals surface area contributed by atoms with E-state index in [0.717, 1.165) is 37.8 Å². The molecule has 1 aromatic carbocycles. The summed E-state index contributed by atoms with van der Waals surface area (Å²) in [6.07, 6.45) is 4.70. The minimum Gasteiger partial charge on any atom is -0.387 e. The first-order chi connectivity index (χ1) is 14.0. The van der Waals surface area contributed by atoms with Crippen molar-refractivity contribution < 1.29 is 14.4 Å². The van der Waals surface area contributed by atoms with Gasteiger partial charge >= 0.3 is 0 Å². The van der Waals surface area contributed by atoms with Gasteiger partial charge in [-0.1, -0.05) is 19.1 Å². The number of nitrogens with zero attached hydrogens (tertiary/aromatic N) is 1. The zero-order valence-electron chi connectivity index (χ0n) is 17.1. The van der Waals surface area contributed by atoms with Crippen LogP contribution in [0, 0.1) is 0 Å². The van der Waals surface area contributed by atoms with Crippen molar-refractivity contribution in [3.05, 3.63) is 41.6 Å². The van der Waals surface area contributed by atoms with Gasteiger partial charge in [0.1, 0.15) is 0 Å². The second-order valence-electron chi connectivity index (χ2n) is 7.58. The highest BCUT2D eigenvalue weighted by Gasteiger charge is 2.41. The lowest BCUT2D eigenvalue weighted by Crippen LogP contribution is -2.47. The van der Waals surface area contributed by atoms with Crippen LogP contribution >= 0.6 is 0 Å². The Labute approximate surface area is 171 Å². The second-order valence-corrected chi connectivity index (χ2v) is 7.58. The van der Waals surface area contributed by atoms with E-state index in [-0.39, 0.29) is 23.8 Å². The molecule has 1 unspecified atom stereocenters. The molecule has 2 aliphatic heterocycles. The first kappa shape index (κ1) is 20.9. The molecule has 1 saturated heterocycles. The number of allylic oxidation sites excluding steroid dienone is 1. The van der Waals surface area contributed by atoms with Crippen molar-refractivity contribution >= 4 is 23.4 Å². The zero-order chi connectivity index (χ0) is 20.8. The van der Waals surface area contributed by atoms with Crippen molar-refractivity contribution in [1.82, 2.24) is 15.5 Å². The third kappa shape index (κ3) is 4.78. The SMILES string of the molecule is C=C1CCC(N2C(=O)c3cccc(NCCCCCC(=O)NCC)c3C2=O)CN1. The van der Waals surface area contributed by atoms with E-state index in [1.54, 1.807) is 6.07 Å². The van der Waals surface area contributed by atoms with Crippen molar-refractivity contribution in [2.24, 2.45) is 0 Å². The number of hydrogen-bond acceptors (Lipinski definition) is 5. The molecular formula is C22H30N4O3. The molecule has 0 spiro atoms. The number of anilines is 1. The summed E-state index contributed by atoms with van der Waals surface area (Å²) >= 11 is 0. The molecule has 1 fully saturated rings. The molecule has 0 aliphatic carbocycles. The average molecular weight is 399 g/mol. The second kappa shape index (κ2) is 9.58. The number of benzene rings is 1. The van der Waals surface area contributed by atoms with E-state index in [2.05, 4.69) is 22.5 Å². The summed E-state index contributed by atoms with van der Waals surface area (Å²) in [5, 5.41) is 9.28. The molecule has 1 aromatic rings. The van der Waals surface area contributed by atoms with Crippen molar-refractivity contribution in [2.75, 3.05) is 25.0 Å². The fourth-order valence-corrected chi connectivity index (χ4v) is 3.89. The average Bonchev–Trinajstić information content (AvgIpc) is 2.97. The Morgan fingerprint density at radius 3 is 2.79 bits per heavy atom.